The van der Waals surface area contributed by atoms with Crippen LogP contribution in [0.4, 0.5) is 4.39 Å². The zero-order valence-corrected chi connectivity index (χ0v) is 20.2. The lowest BCUT2D eigenvalue weighted by Gasteiger charge is -2.11. The van der Waals surface area contributed by atoms with Crippen molar-refractivity contribution in [2.24, 2.45) is 0 Å². The van der Waals surface area contributed by atoms with Crippen LogP contribution in [0.2, 0.25) is 0 Å². The molecule has 0 radical (unpaired) electrons. The van der Waals surface area contributed by atoms with Gasteiger partial charge in [-0.25, -0.2) is 18.9 Å². The van der Waals surface area contributed by atoms with Crippen molar-refractivity contribution in [1.82, 2.24) is 29.3 Å². The van der Waals surface area contributed by atoms with Gasteiger partial charge in [0, 0.05) is 12.7 Å². The van der Waals surface area contributed by atoms with Gasteiger partial charge in [0.1, 0.15) is 6.61 Å². The Morgan fingerprint density at radius 1 is 1.08 bits per heavy atom. The molecule has 2 aromatic carbocycles. The number of nitrogens with zero attached hydrogens (tertiary/aromatic N) is 6. The van der Waals surface area contributed by atoms with Gasteiger partial charge >= 0.3 is 5.97 Å². The van der Waals surface area contributed by atoms with Gasteiger partial charge in [0.2, 0.25) is 5.88 Å². The van der Waals surface area contributed by atoms with Crippen molar-refractivity contribution in [3.63, 3.8) is 0 Å². The van der Waals surface area contributed by atoms with E-state index in [4.69, 9.17) is 14.2 Å². The van der Waals surface area contributed by atoms with Gasteiger partial charge in [-0.15, -0.1) is 0 Å². The molecule has 0 atom stereocenters. The number of imidazole rings is 1. The van der Waals surface area contributed by atoms with E-state index in [-0.39, 0.29) is 36.4 Å². The Kier molecular flexibility index (Phi) is 6.75. The number of fused-ring (bicyclic) bond motifs is 1. The molecule has 11 heteroatoms. The van der Waals surface area contributed by atoms with E-state index in [0.29, 0.717) is 23.3 Å². The minimum Gasteiger partial charge on any atom is -0.494 e. The van der Waals surface area contributed by atoms with Crippen LogP contribution in [-0.2, 0) is 17.9 Å². The van der Waals surface area contributed by atoms with Crippen molar-refractivity contribution in [1.29, 1.82) is 0 Å². The second-order valence-electron chi connectivity index (χ2n) is 8.01. The molecule has 0 amide bonds. The van der Waals surface area contributed by atoms with E-state index in [9.17, 15) is 9.18 Å². The fourth-order valence-corrected chi connectivity index (χ4v) is 3.74. The molecule has 0 unspecified atom stereocenters. The molecule has 3 aromatic heterocycles. The van der Waals surface area contributed by atoms with Crippen molar-refractivity contribution < 1.29 is 23.4 Å². The maximum atomic E-state index is 14.3. The second kappa shape index (κ2) is 10.4. The van der Waals surface area contributed by atoms with Gasteiger partial charge in [-0.05, 0) is 30.2 Å². The van der Waals surface area contributed by atoms with Crippen molar-refractivity contribution in [3.05, 3.63) is 89.8 Å². The SMILES string of the molecule is CCOC(=O)c1cnn(-c2nc(OCc3ccccc3)c3c(ncn3Cc3ccc(OC)c(F)c3)n2)c1. The predicted molar refractivity (Wildman–Crippen MR) is 131 cm³/mol. The summed E-state index contributed by atoms with van der Waals surface area (Å²) in [6.45, 7) is 2.53. The summed E-state index contributed by atoms with van der Waals surface area (Å²) in [5, 5.41) is 4.20. The lowest BCUT2D eigenvalue weighted by molar-refractivity contribution is 0.0526. The molecule has 0 fully saturated rings. The van der Waals surface area contributed by atoms with Crippen molar-refractivity contribution >= 4 is 17.1 Å². The molecule has 0 bridgehead atoms. The maximum Gasteiger partial charge on any atom is 0.341 e. The van der Waals surface area contributed by atoms with Crippen LogP contribution in [0.25, 0.3) is 17.1 Å². The standard InChI is InChI=1S/C26H23FN6O4/c1-3-36-25(34)19-12-29-33(14-19)26-30-23-22(24(31-26)37-15-17-7-5-4-6-8-17)32(16-28-23)13-18-9-10-21(35-2)20(27)11-18/h4-12,14,16H,3,13,15H2,1-2H3. The molecular formula is C26H23FN6O4. The maximum absolute atomic E-state index is 14.3. The summed E-state index contributed by atoms with van der Waals surface area (Å²) in [5.41, 5.74) is 2.80. The van der Waals surface area contributed by atoms with Gasteiger partial charge < -0.3 is 18.8 Å². The van der Waals surface area contributed by atoms with Crippen molar-refractivity contribution in [2.75, 3.05) is 13.7 Å². The third-order valence-electron chi connectivity index (χ3n) is 5.51. The van der Waals surface area contributed by atoms with E-state index in [1.165, 1.54) is 30.3 Å². The quantitative estimate of drug-likeness (QED) is 0.279. The monoisotopic (exact) mass is 502 g/mol. The Bertz CT molecular complexity index is 1550. The first-order chi connectivity index (χ1) is 18.1. The van der Waals surface area contributed by atoms with Gasteiger partial charge in [-0.2, -0.15) is 15.1 Å². The number of hydrogen-bond acceptors (Lipinski definition) is 8. The Hall–Kier alpha value is -4.80. The van der Waals surface area contributed by atoms with Gasteiger partial charge in [0.25, 0.3) is 5.95 Å². The van der Waals surface area contributed by atoms with Crippen molar-refractivity contribution in [2.45, 2.75) is 20.1 Å². The number of hydrogen-bond donors (Lipinski definition) is 0. The minimum absolute atomic E-state index is 0.167. The van der Waals surface area contributed by atoms with E-state index >= 15 is 0 Å². The summed E-state index contributed by atoms with van der Waals surface area (Å²) in [7, 11) is 1.42. The average Bonchev–Trinajstić information content (AvgIpc) is 3.56. The fraction of sp³-hybridized carbons (Fsp3) is 0.192. The number of aromatic nitrogens is 6. The highest BCUT2D eigenvalue weighted by atomic mass is 19.1. The van der Waals surface area contributed by atoms with E-state index in [0.717, 1.165) is 5.56 Å². The van der Waals surface area contributed by atoms with Crippen LogP contribution >= 0.6 is 0 Å². The molecule has 10 nitrogen and oxygen atoms in total. The summed E-state index contributed by atoms with van der Waals surface area (Å²) in [5.74, 6) is -0.346. The number of methoxy groups -OCH3 is 1. The molecule has 0 saturated carbocycles. The van der Waals surface area contributed by atoms with Crippen LogP contribution in [0.15, 0.2) is 67.3 Å². The van der Waals surface area contributed by atoms with E-state index in [1.807, 2.05) is 30.3 Å². The minimum atomic E-state index is -0.494. The molecule has 5 rings (SSSR count). The highest BCUT2D eigenvalue weighted by molar-refractivity contribution is 5.88. The van der Waals surface area contributed by atoms with Gasteiger partial charge in [0.05, 0.1) is 31.8 Å². The third-order valence-corrected chi connectivity index (χ3v) is 5.51. The van der Waals surface area contributed by atoms with E-state index < -0.39 is 11.8 Å². The number of benzene rings is 2. The van der Waals surface area contributed by atoms with Crippen LogP contribution in [0, 0.1) is 5.82 Å². The second-order valence-corrected chi connectivity index (χ2v) is 8.01. The van der Waals surface area contributed by atoms with Gasteiger partial charge in [-0.3, -0.25) is 0 Å². The zero-order valence-electron chi connectivity index (χ0n) is 20.2. The lowest BCUT2D eigenvalue weighted by atomic mass is 10.2. The Balaban J connectivity index is 1.53. The Labute approximate surface area is 211 Å². The number of esters is 1. The first-order valence-electron chi connectivity index (χ1n) is 11.5. The smallest absolute Gasteiger partial charge is 0.341 e. The predicted octanol–water partition coefficient (Wildman–Crippen LogP) is 3.96. The molecule has 0 N–H and O–H groups in total. The van der Waals surface area contributed by atoms with Crippen LogP contribution in [0.5, 0.6) is 11.6 Å². The number of rotatable bonds is 9. The molecule has 0 aliphatic carbocycles. The largest absolute Gasteiger partial charge is 0.494 e. The normalized spacial score (nSPS) is 11.0. The van der Waals surface area contributed by atoms with Crippen LogP contribution in [0.1, 0.15) is 28.4 Å². The molecule has 0 spiro atoms. The Morgan fingerprint density at radius 2 is 1.92 bits per heavy atom. The number of halogens is 1. The highest BCUT2D eigenvalue weighted by Crippen LogP contribution is 2.26. The molecule has 188 valence electrons. The number of carbonyl (C=O) groups excluding carboxylic acids is 1. The first-order valence-corrected chi connectivity index (χ1v) is 11.5. The molecule has 3 heterocycles. The molecule has 37 heavy (non-hydrogen) atoms. The van der Waals surface area contributed by atoms with E-state index in [1.54, 1.807) is 30.0 Å². The molecule has 0 saturated heterocycles. The summed E-state index contributed by atoms with van der Waals surface area (Å²) < 4.78 is 33.6. The van der Waals surface area contributed by atoms with Gasteiger partial charge in [0.15, 0.2) is 22.7 Å². The summed E-state index contributed by atoms with van der Waals surface area (Å²) in [4.78, 5) is 25.6. The molecule has 0 aliphatic heterocycles. The summed E-state index contributed by atoms with van der Waals surface area (Å²) in [6.07, 6.45) is 4.46. The van der Waals surface area contributed by atoms with Crippen LogP contribution in [-0.4, -0.2) is 49.0 Å². The summed E-state index contributed by atoms with van der Waals surface area (Å²) in [6, 6.07) is 14.4. The first kappa shape index (κ1) is 23.9. The molecule has 0 aliphatic rings. The van der Waals surface area contributed by atoms with Crippen LogP contribution < -0.4 is 9.47 Å². The van der Waals surface area contributed by atoms with Crippen LogP contribution in [0.3, 0.4) is 0 Å². The Morgan fingerprint density at radius 3 is 2.68 bits per heavy atom. The van der Waals surface area contributed by atoms with Crippen molar-refractivity contribution in [3.8, 4) is 17.6 Å². The van der Waals surface area contributed by atoms with E-state index in [2.05, 4.69) is 20.1 Å². The average molecular weight is 503 g/mol. The molecule has 5 aromatic rings. The number of carbonyl (C=O) groups is 1. The topological polar surface area (TPSA) is 106 Å². The van der Waals surface area contributed by atoms with Gasteiger partial charge in [-0.1, -0.05) is 36.4 Å². The summed E-state index contributed by atoms with van der Waals surface area (Å²) >= 11 is 0. The molecular weight excluding hydrogens is 479 g/mol. The highest BCUT2D eigenvalue weighted by Gasteiger charge is 2.19. The zero-order chi connectivity index (χ0) is 25.8. The number of ether oxygens (including phenoxy) is 3. The lowest BCUT2D eigenvalue weighted by Crippen LogP contribution is -2.08. The fourth-order valence-electron chi connectivity index (χ4n) is 3.74. The third kappa shape index (κ3) is 5.10.